The lowest BCUT2D eigenvalue weighted by Crippen LogP contribution is -2.45. The molecule has 3 rings (SSSR count). The highest BCUT2D eigenvalue weighted by Crippen LogP contribution is 2.36. The van der Waals surface area contributed by atoms with Crippen LogP contribution in [0.4, 0.5) is 0 Å². The number of nitrogens with zero attached hydrogens (tertiary/aromatic N) is 3. The fraction of sp³-hybridized carbons (Fsp3) is 0.783. The first-order valence-electron chi connectivity index (χ1n) is 11.6. The third-order valence-electron chi connectivity index (χ3n) is 6.51. The average Bonchev–Trinajstić information content (AvgIpc) is 3.24. The van der Waals surface area contributed by atoms with Crippen molar-refractivity contribution in [2.75, 3.05) is 46.3 Å². The third kappa shape index (κ3) is 7.35. The van der Waals surface area contributed by atoms with Gasteiger partial charge in [-0.15, -0.1) is 35.3 Å². The van der Waals surface area contributed by atoms with Gasteiger partial charge in [0.1, 0.15) is 0 Å². The van der Waals surface area contributed by atoms with E-state index in [1.165, 1.54) is 50.2 Å². The van der Waals surface area contributed by atoms with Crippen LogP contribution < -0.4 is 10.6 Å². The number of hydrogen-bond acceptors (Lipinski definition) is 4. The summed E-state index contributed by atoms with van der Waals surface area (Å²) in [5, 5.41) is 9.36. The van der Waals surface area contributed by atoms with E-state index in [0.717, 1.165) is 25.6 Å². The molecular weight excluding hydrogens is 505 g/mol. The molecule has 1 aromatic heterocycles. The zero-order valence-electron chi connectivity index (χ0n) is 19.3. The van der Waals surface area contributed by atoms with E-state index in [1.807, 2.05) is 11.3 Å². The lowest BCUT2D eigenvalue weighted by atomic mass is 9.88. The smallest absolute Gasteiger partial charge is 0.191 e. The van der Waals surface area contributed by atoms with Crippen molar-refractivity contribution in [3.05, 3.63) is 22.4 Å². The summed E-state index contributed by atoms with van der Waals surface area (Å²) >= 11 is 1.89. The normalized spacial score (nSPS) is 26.4. The van der Waals surface area contributed by atoms with E-state index >= 15 is 0 Å². The quantitative estimate of drug-likeness (QED) is 0.301. The van der Waals surface area contributed by atoms with Crippen molar-refractivity contribution in [1.29, 1.82) is 0 Å². The summed E-state index contributed by atoms with van der Waals surface area (Å²) in [5.41, 5.74) is 0. The molecule has 0 saturated carbocycles. The summed E-state index contributed by atoms with van der Waals surface area (Å²) in [7, 11) is 2.28. The van der Waals surface area contributed by atoms with E-state index < -0.39 is 0 Å². The number of aliphatic imine (C=N–C) groups is 1. The van der Waals surface area contributed by atoms with Crippen molar-refractivity contribution in [3.8, 4) is 0 Å². The summed E-state index contributed by atoms with van der Waals surface area (Å²) in [6.45, 7) is 13.2. The zero-order valence-corrected chi connectivity index (χ0v) is 22.4. The molecule has 0 bridgehead atoms. The second-order valence-electron chi connectivity index (χ2n) is 9.04. The summed E-state index contributed by atoms with van der Waals surface area (Å²) in [5.74, 6) is 2.30. The van der Waals surface area contributed by atoms with Gasteiger partial charge < -0.3 is 15.5 Å². The number of rotatable bonds is 7. The molecule has 3 heterocycles. The monoisotopic (exact) mass is 547 g/mol. The van der Waals surface area contributed by atoms with Crippen LogP contribution in [-0.4, -0.2) is 68.1 Å². The van der Waals surface area contributed by atoms with Crippen molar-refractivity contribution < 1.29 is 0 Å². The van der Waals surface area contributed by atoms with Crippen LogP contribution in [0.15, 0.2) is 22.5 Å². The van der Waals surface area contributed by atoms with Gasteiger partial charge >= 0.3 is 0 Å². The van der Waals surface area contributed by atoms with Crippen molar-refractivity contribution >= 4 is 41.3 Å². The number of likely N-dealkylation sites (tertiary alicyclic amines) is 2. The van der Waals surface area contributed by atoms with Gasteiger partial charge in [-0.3, -0.25) is 9.89 Å². The van der Waals surface area contributed by atoms with Gasteiger partial charge in [-0.05, 0) is 89.9 Å². The number of nitrogens with one attached hydrogen (secondary N) is 2. The van der Waals surface area contributed by atoms with Gasteiger partial charge in [0.25, 0.3) is 0 Å². The number of piperidine rings is 2. The molecule has 2 fully saturated rings. The molecule has 30 heavy (non-hydrogen) atoms. The minimum Gasteiger partial charge on any atom is -0.357 e. The lowest BCUT2D eigenvalue weighted by Gasteiger charge is -2.39. The maximum atomic E-state index is 4.98. The molecule has 7 heteroatoms. The first kappa shape index (κ1) is 25.9. The van der Waals surface area contributed by atoms with Crippen LogP contribution in [0.5, 0.6) is 0 Å². The fourth-order valence-electron chi connectivity index (χ4n) is 4.89. The van der Waals surface area contributed by atoms with Crippen LogP contribution >= 0.6 is 35.3 Å². The summed E-state index contributed by atoms with van der Waals surface area (Å²) in [6.07, 6.45) is 5.18. The molecule has 3 unspecified atom stereocenters. The van der Waals surface area contributed by atoms with Gasteiger partial charge in [-0.2, -0.15) is 0 Å². The first-order chi connectivity index (χ1) is 14.1. The van der Waals surface area contributed by atoms with E-state index in [0.29, 0.717) is 23.9 Å². The largest absolute Gasteiger partial charge is 0.357 e. The maximum Gasteiger partial charge on any atom is 0.191 e. The minimum atomic E-state index is 0. The second-order valence-corrected chi connectivity index (χ2v) is 10.0. The van der Waals surface area contributed by atoms with E-state index in [2.05, 4.69) is 65.8 Å². The van der Waals surface area contributed by atoms with Crippen molar-refractivity contribution in [1.82, 2.24) is 20.4 Å². The fourth-order valence-corrected chi connectivity index (χ4v) is 5.87. The van der Waals surface area contributed by atoms with Crippen molar-refractivity contribution in [2.24, 2.45) is 16.8 Å². The average molecular weight is 548 g/mol. The molecule has 0 radical (unpaired) electrons. The van der Waals surface area contributed by atoms with Crippen LogP contribution in [-0.2, 0) is 0 Å². The Morgan fingerprint density at radius 1 is 1.23 bits per heavy atom. The van der Waals surface area contributed by atoms with Gasteiger partial charge in [0.05, 0.1) is 0 Å². The molecule has 1 aromatic rings. The highest BCUT2D eigenvalue weighted by atomic mass is 127. The van der Waals surface area contributed by atoms with Crippen LogP contribution in [0.1, 0.15) is 57.4 Å². The Labute approximate surface area is 205 Å². The Morgan fingerprint density at radius 2 is 2.03 bits per heavy atom. The predicted octanol–water partition coefficient (Wildman–Crippen LogP) is 4.42. The van der Waals surface area contributed by atoms with Gasteiger partial charge in [0, 0.05) is 43.1 Å². The van der Waals surface area contributed by atoms with E-state index in [1.54, 1.807) is 0 Å². The van der Waals surface area contributed by atoms with Gasteiger partial charge in [0.2, 0.25) is 0 Å². The third-order valence-corrected chi connectivity index (χ3v) is 7.45. The van der Waals surface area contributed by atoms with Gasteiger partial charge in [0.15, 0.2) is 5.96 Å². The molecule has 172 valence electrons. The molecule has 5 nitrogen and oxygen atoms in total. The Hall–Kier alpha value is -0.380. The Morgan fingerprint density at radius 3 is 2.73 bits per heavy atom. The second kappa shape index (κ2) is 13.2. The summed E-state index contributed by atoms with van der Waals surface area (Å²) in [4.78, 5) is 11.6. The van der Waals surface area contributed by atoms with Crippen molar-refractivity contribution in [3.63, 3.8) is 0 Å². The van der Waals surface area contributed by atoms with E-state index in [9.17, 15) is 0 Å². The predicted molar refractivity (Wildman–Crippen MR) is 141 cm³/mol. The standard InChI is InChI=1S/C23H41N5S.HI/c1-5-24-23(25-15-19-9-6-13-28(17-19)18(2)3)26-16-20-10-7-12-27(4)22(20)21-11-8-14-29-21;/h8,11,14,18-20,22H,5-7,9-10,12-13,15-17H2,1-4H3,(H2,24,25,26);1H. The molecule has 2 saturated heterocycles. The van der Waals surface area contributed by atoms with Crippen molar-refractivity contribution in [2.45, 2.75) is 58.5 Å². The molecule has 2 aliphatic heterocycles. The van der Waals surface area contributed by atoms with E-state index in [4.69, 9.17) is 4.99 Å². The van der Waals surface area contributed by atoms with E-state index in [-0.39, 0.29) is 24.0 Å². The zero-order chi connectivity index (χ0) is 20.6. The molecule has 0 aliphatic carbocycles. The number of thiophene rings is 1. The summed E-state index contributed by atoms with van der Waals surface area (Å²) in [6, 6.07) is 5.65. The molecule has 3 atom stereocenters. The molecule has 0 amide bonds. The van der Waals surface area contributed by atoms with Crippen LogP contribution in [0, 0.1) is 11.8 Å². The SMILES string of the molecule is CCNC(=NCC1CCCN(C(C)C)C1)NCC1CCCN(C)C1c1cccs1.I. The highest BCUT2D eigenvalue weighted by Gasteiger charge is 2.31. The van der Waals surface area contributed by atoms with Crippen LogP contribution in [0.3, 0.4) is 0 Å². The Kier molecular flexibility index (Phi) is 11.4. The molecule has 0 spiro atoms. The van der Waals surface area contributed by atoms with Gasteiger partial charge in [-0.1, -0.05) is 6.07 Å². The highest BCUT2D eigenvalue weighted by molar-refractivity contribution is 14.0. The lowest BCUT2D eigenvalue weighted by molar-refractivity contribution is 0.125. The summed E-state index contributed by atoms with van der Waals surface area (Å²) < 4.78 is 0. The number of hydrogen-bond donors (Lipinski definition) is 2. The molecule has 0 aromatic carbocycles. The molecule has 2 aliphatic rings. The molecular formula is C23H42IN5S. The Bertz CT molecular complexity index is 621. The minimum absolute atomic E-state index is 0. The number of guanidine groups is 1. The topological polar surface area (TPSA) is 42.9 Å². The number of halogens is 1. The van der Waals surface area contributed by atoms with Gasteiger partial charge in [-0.25, -0.2) is 0 Å². The van der Waals surface area contributed by atoms with Crippen LogP contribution in [0.2, 0.25) is 0 Å². The first-order valence-corrected chi connectivity index (χ1v) is 12.5. The maximum absolute atomic E-state index is 4.98. The molecule has 2 N–H and O–H groups in total. The van der Waals surface area contributed by atoms with Crippen LogP contribution in [0.25, 0.3) is 0 Å². The Balaban J connectivity index is 0.00000320.